The lowest BCUT2D eigenvalue weighted by molar-refractivity contribution is 0.590. The summed E-state index contributed by atoms with van der Waals surface area (Å²) in [4.78, 5) is 4.43. The molecule has 0 N–H and O–H groups in total. The molecule has 2 rings (SSSR count). The van der Waals surface area contributed by atoms with E-state index in [2.05, 4.69) is 63.0 Å². The molecule has 0 fully saturated rings. The molecular weight excluding hydrogens is 206 g/mol. The van der Waals surface area contributed by atoms with Crippen molar-refractivity contribution in [1.29, 1.82) is 0 Å². The van der Waals surface area contributed by atoms with Gasteiger partial charge in [-0.05, 0) is 41.7 Å². The van der Waals surface area contributed by atoms with Gasteiger partial charge in [-0.3, -0.25) is 4.98 Å². The fourth-order valence-corrected chi connectivity index (χ4v) is 1.84. The Hall–Kier alpha value is -1.63. The zero-order chi connectivity index (χ0) is 12.5. The number of pyridine rings is 1. The Labute approximate surface area is 104 Å². The molecule has 0 saturated heterocycles. The summed E-state index contributed by atoms with van der Waals surface area (Å²) in [5.41, 5.74) is 5.02. The van der Waals surface area contributed by atoms with Crippen molar-refractivity contribution in [2.75, 3.05) is 0 Å². The molecule has 0 aliphatic rings. The van der Waals surface area contributed by atoms with Gasteiger partial charge in [0.15, 0.2) is 0 Å². The average molecular weight is 225 g/mol. The van der Waals surface area contributed by atoms with Crippen molar-refractivity contribution in [2.45, 2.75) is 33.1 Å². The molecule has 0 atom stereocenters. The smallest absolute Gasteiger partial charge is 0.0704 e. The molecule has 2 aromatic rings. The van der Waals surface area contributed by atoms with Gasteiger partial charge in [0.25, 0.3) is 0 Å². The highest BCUT2D eigenvalue weighted by atomic mass is 14.7. The largest absolute Gasteiger partial charge is 0.256 e. The molecule has 0 radical (unpaired) electrons. The molecule has 17 heavy (non-hydrogen) atoms. The van der Waals surface area contributed by atoms with E-state index in [4.69, 9.17) is 0 Å². The fraction of sp³-hybridized carbons (Fsp3) is 0.312. The van der Waals surface area contributed by atoms with E-state index >= 15 is 0 Å². The van der Waals surface area contributed by atoms with Crippen molar-refractivity contribution < 1.29 is 0 Å². The number of benzene rings is 1. The van der Waals surface area contributed by atoms with E-state index < -0.39 is 0 Å². The van der Waals surface area contributed by atoms with Crippen molar-refractivity contribution in [3.05, 3.63) is 53.7 Å². The summed E-state index contributed by atoms with van der Waals surface area (Å²) in [5, 5.41) is 0. The van der Waals surface area contributed by atoms with Crippen LogP contribution in [0, 0.1) is 6.92 Å². The summed E-state index contributed by atoms with van der Waals surface area (Å²) >= 11 is 0. The first-order valence-corrected chi connectivity index (χ1v) is 6.00. The van der Waals surface area contributed by atoms with Crippen molar-refractivity contribution in [3.8, 4) is 11.3 Å². The van der Waals surface area contributed by atoms with Crippen LogP contribution in [0.2, 0.25) is 0 Å². The van der Waals surface area contributed by atoms with Crippen LogP contribution >= 0.6 is 0 Å². The lowest BCUT2D eigenvalue weighted by Crippen LogP contribution is -2.10. The molecule has 0 aliphatic heterocycles. The predicted octanol–water partition coefficient (Wildman–Crippen LogP) is 4.35. The minimum Gasteiger partial charge on any atom is -0.256 e. The van der Waals surface area contributed by atoms with Crippen LogP contribution < -0.4 is 0 Å². The number of aryl methyl sites for hydroxylation is 1. The highest BCUT2D eigenvalue weighted by Gasteiger charge is 2.14. The summed E-state index contributed by atoms with van der Waals surface area (Å²) in [6.07, 6.45) is 1.87. The first-order chi connectivity index (χ1) is 7.97. The molecule has 0 amide bonds. The van der Waals surface area contributed by atoms with Crippen LogP contribution in [0.3, 0.4) is 0 Å². The molecule has 0 spiro atoms. The Morgan fingerprint density at radius 1 is 1.00 bits per heavy atom. The van der Waals surface area contributed by atoms with Crippen LogP contribution in [0.1, 0.15) is 31.9 Å². The maximum Gasteiger partial charge on any atom is 0.0704 e. The predicted molar refractivity (Wildman–Crippen MR) is 73.1 cm³/mol. The van der Waals surface area contributed by atoms with Crippen LogP contribution in [0.4, 0.5) is 0 Å². The first kappa shape index (κ1) is 11.8. The highest BCUT2D eigenvalue weighted by Crippen LogP contribution is 2.26. The zero-order valence-electron chi connectivity index (χ0n) is 11.0. The maximum atomic E-state index is 4.43. The van der Waals surface area contributed by atoms with Gasteiger partial charge >= 0.3 is 0 Å². The SMILES string of the molecule is Cc1ccnc(-c2cccc(C(C)(C)C)c2)c1. The quantitative estimate of drug-likeness (QED) is 0.703. The van der Waals surface area contributed by atoms with E-state index in [1.165, 1.54) is 16.7 Å². The number of nitrogens with zero attached hydrogens (tertiary/aromatic N) is 1. The summed E-state index contributed by atoms with van der Waals surface area (Å²) in [7, 11) is 0. The van der Waals surface area contributed by atoms with Gasteiger partial charge in [0.2, 0.25) is 0 Å². The van der Waals surface area contributed by atoms with Gasteiger partial charge in [-0.25, -0.2) is 0 Å². The molecule has 0 aliphatic carbocycles. The molecular formula is C16H19N. The molecule has 0 unspecified atom stereocenters. The van der Waals surface area contributed by atoms with Crippen LogP contribution in [0.15, 0.2) is 42.6 Å². The average Bonchev–Trinajstić information content (AvgIpc) is 2.28. The number of aromatic nitrogens is 1. The van der Waals surface area contributed by atoms with Crippen LogP contribution in [-0.4, -0.2) is 4.98 Å². The lowest BCUT2D eigenvalue weighted by atomic mass is 9.86. The van der Waals surface area contributed by atoms with Crippen molar-refractivity contribution in [1.82, 2.24) is 4.98 Å². The highest BCUT2D eigenvalue weighted by molar-refractivity contribution is 5.61. The maximum absolute atomic E-state index is 4.43. The Kier molecular flexibility index (Phi) is 3.01. The van der Waals surface area contributed by atoms with E-state index in [9.17, 15) is 0 Å². The number of rotatable bonds is 1. The van der Waals surface area contributed by atoms with E-state index in [-0.39, 0.29) is 5.41 Å². The van der Waals surface area contributed by atoms with E-state index in [1.807, 2.05) is 12.3 Å². The third-order valence-electron chi connectivity index (χ3n) is 2.94. The molecule has 1 aromatic heterocycles. The van der Waals surface area contributed by atoms with Gasteiger partial charge in [0, 0.05) is 11.8 Å². The van der Waals surface area contributed by atoms with Crippen LogP contribution in [-0.2, 0) is 5.41 Å². The normalized spacial score (nSPS) is 11.5. The summed E-state index contributed by atoms with van der Waals surface area (Å²) in [6.45, 7) is 8.79. The van der Waals surface area contributed by atoms with Gasteiger partial charge in [0.05, 0.1) is 5.69 Å². The van der Waals surface area contributed by atoms with E-state index in [1.54, 1.807) is 0 Å². The minimum atomic E-state index is 0.180. The zero-order valence-corrected chi connectivity index (χ0v) is 11.0. The van der Waals surface area contributed by atoms with E-state index in [0.29, 0.717) is 0 Å². The Morgan fingerprint density at radius 2 is 1.76 bits per heavy atom. The molecule has 88 valence electrons. The molecule has 1 heteroatoms. The third kappa shape index (κ3) is 2.73. The Bertz CT molecular complexity index is 521. The topological polar surface area (TPSA) is 12.9 Å². The van der Waals surface area contributed by atoms with Crippen LogP contribution in [0.5, 0.6) is 0 Å². The fourth-order valence-electron chi connectivity index (χ4n) is 1.84. The van der Waals surface area contributed by atoms with Gasteiger partial charge < -0.3 is 0 Å². The number of hydrogen-bond donors (Lipinski definition) is 0. The monoisotopic (exact) mass is 225 g/mol. The van der Waals surface area contributed by atoms with Crippen molar-refractivity contribution in [2.24, 2.45) is 0 Å². The summed E-state index contributed by atoms with van der Waals surface area (Å²) in [5.74, 6) is 0. The first-order valence-electron chi connectivity index (χ1n) is 6.00. The molecule has 1 heterocycles. The van der Waals surface area contributed by atoms with Gasteiger partial charge in [-0.2, -0.15) is 0 Å². The summed E-state index contributed by atoms with van der Waals surface area (Å²) < 4.78 is 0. The Morgan fingerprint density at radius 3 is 2.41 bits per heavy atom. The Balaban J connectivity index is 2.47. The number of hydrogen-bond acceptors (Lipinski definition) is 1. The van der Waals surface area contributed by atoms with Crippen LogP contribution in [0.25, 0.3) is 11.3 Å². The molecule has 1 nitrogen and oxygen atoms in total. The molecule has 1 aromatic carbocycles. The minimum absolute atomic E-state index is 0.180. The molecule has 0 saturated carbocycles. The lowest BCUT2D eigenvalue weighted by Gasteiger charge is -2.19. The standard InChI is InChI=1S/C16H19N/c1-12-8-9-17-15(10-12)13-6-5-7-14(11-13)16(2,3)4/h5-11H,1-4H3. The van der Waals surface area contributed by atoms with Crippen molar-refractivity contribution >= 4 is 0 Å². The van der Waals surface area contributed by atoms with Gasteiger partial charge in [-0.15, -0.1) is 0 Å². The van der Waals surface area contributed by atoms with Gasteiger partial charge in [-0.1, -0.05) is 39.0 Å². The van der Waals surface area contributed by atoms with Gasteiger partial charge in [0.1, 0.15) is 0 Å². The second-order valence-electron chi connectivity index (χ2n) is 5.55. The van der Waals surface area contributed by atoms with E-state index in [0.717, 1.165) is 5.69 Å². The third-order valence-corrected chi connectivity index (χ3v) is 2.94. The summed E-state index contributed by atoms with van der Waals surface area (Å²) in [6, 6.07) is 12.8. The van der Waals surface area contributed by atoms with Crippen molar-refractivity contribution in [3.63, 3.8) is 0 Å². The second kappa shape index (κ2) is 4.33. The molecule has 0 bridgehead atoms. The second-order valence-corrected chi connectivity index (χ2v) is 5.55.